The fraction of sp³-hybridized carbons (Fsp3) is 0.429. The number of aryl methyl sites for hydroxylation is 1. The SMILES string of the molecule is COC[C@H](C)NC(=S)NNC(=O)CCc1nc(-c2ccsc2)no1. The molecule has 1 atom stereocenters. The maximum atomic E-state index is 11.8. The Kier molecular flexibility index (Phi) is 7.09. The van der Waals surface area contributed by atoms with Crippen LogP contribution in [0.2, 0.25) is 0 Å². The van der Waals surface area contributed by atoms with Crippen LogP contribution >= 0.6 is 23.6 Å². The average Bonchev–Trinajstić information content (AvgIpc) is 3.22. The second-order valence-electron chi connectivity index (χ2n) is 5.03. The molecule has 0 aromatic carbocycles. The molecule has 0 aliphatic rings. The minimum absolute atomic E-state index is 0.0424. The smallest absolute Gasteiger partial charge is 0.238 e. The number of hydrogen-bond acceptors (Lipinski definition) is 7. The van der Waals surface area contributed by atoms with Crippen molar-refractivity contribution in [1.82, 2.24) is 26.3 Å². The molecule has 2 aromatic rings. The van der Waals surface area contributed by atoms with Crippen molar-refractivity contribution >= 4 is 34.6 Å². The predicted molar refractivity (Wildman–Crippen MR) is 94.3 cm³/mol. The largest absolute Gasteiger partial charge is 0.383 e. The molecule has 0 aliphatic carbocycles. The molecule has 130 valence electrons. The fourth-order valence-electron chi connectivity index (χ4n) is 1.83. The standard InChI is InChI=1S/C14H19N5O3S2/c1-9(7-21-2)15-14(23)18-17-11(20)3-4-12-16-13(19-22-12)10-5-6-24-8-10/h5-6,8-9H,3-4,7H2,1-2H3,(H,17,20)(H2,15,18,23)/t9-/m0/s1. The molecule has 3 N–H and O–H groups in total. The molecule has 2 aromatic heterocycles. The van der Waals surface area contributed by atoms with Gasteiger partial charge in [0.05, 0.1) is 6.61 Å². The molecule has 0 saturated heterocycles. The van der Waals surface area contributed by atoms with Crippen molar-refractivity contribution < 1.29 is 14.1 Å². The lowest BCUT2D eigenvalue weighted by molar-refractivity contribution is -0.121. The van der Waals surface area contributed by atoms with Crippen LogP contribution in [0.25, 0.3) is 11.4 Å². The Bertz CT molecular complexity index is 659. The van der Waals surface area contributed by atoms with E-state index in [1.54, 1.807) is 18.4 Å². The van der Waals surface area contributed by atoms with Crippen molar-refractivity contribution in [2.24, 2.45) is 0 Å². The molecule has 1 amide bonds. The van der Waals surface area contributed by atoms with Gasteiger partial charge in [0.2, 0.25) is 17.6 Å². The first-order chi connectivity index (χ1) is 11.6. The lowest BCUT2D eigenvalue weighted by atomic mass is 10.3. The van der Waals surface area contributed by atoms with E-state index in [0.29, 0.717) is 29.9 Å². The summed E-state index contributed by atoms with van der Waals surface area (Å²) in [4.78, 5) is 16.1. The molecule has 0 radical (unpaired) electrons. The molecule has 0 aliphatic heterocycles. The van der Waals surface area contributed by atoms with Crippen LogP contribution in [0, 0.1) is 0 Å². The Labute approximate surface area is 148 Å². The van der Waals surface area contributed by atoms with Crippen molar-refractivity contribution in [1.29, 1.82) is 0 Å². The quantitative estimate of drug-likeness (QED) is 0.495. The lowest BCUT2D eigenvalue weighted by Gasteiger charge is -2.16. The van der Waals surface area contributed by atoms with Gasteiger partial charge < -0.3 is 14.6 Å². The Morgan fingerprint density at radius 3 is 3.04 bits per heavy atom. The number of hydrogen-bond donors (Lipinski definition) is 3. The molecule has 0 bridgehead atoms. The number of nitrogens with one attached hydrogen (secondary N) is 3. The molecule has 8 nitrogen and oxygen atoms in total. The van der Waals surface area contributed by atoms with Gasteiger partial charge in [-0.05, 0) is 30.6 Å². The number of carbonyl (C=O) groups is 1. The maximum absolute atomic E-state index is 11.8. The van der Waals surface area contributed by atoms with Crippen LogP contribution in [0.15, 0.2) is 21.3 Å². The summed E-state index contributed by atoms with van der Waals surface area (Å²) < 4.78 is 10.1. The van der Waals surface area contributed by atoms with Crippen molar-refractivity contribution in [3.63, 3.8) is 0 Å². The van der Waals surface area contributed by atoms with Crippen molar-refractivity contribution in [3.05, 3.63) is 22.7 Å². The van der Waals surface area contributed by atoms with Gasteiger partial charge in [0.1, 0.15) is 0 Å². The van der Waals surface area contributed by atoms with E-state index in [2.05, 4.69) is 26.3 Å². The Hall–Kier alpha value is -2.04. The zero-order valence-corrected chi connectivity index (χ0v) is 15.0. The van der Waals surface area contributed by atoms with Crippen LogP contribution in [-0.4, -0.2) is 40.9 Å². The third kappa shape index (κ3) is 5.87. The first kappa shape index (κ1) is 18.3. The van der Waals surface area contributed by atoms with Gasteiger partial charge in [0.25, 0.3) is 0 Å². The predicted octanol–water partition coefficient (Wildman–Crippen LogP) is 1.26. The highest BCUT2D eigenvalue weighted by Crippen LogP contribution is 2.18. The van der Waals surface area contributed by atoms with Gasteiger partial charge in [-0.1, -0.05) is 5.16 Å². The monoisotopic (exact) mass is 369 g/mol. The van der Waals surface area contributed by atoms with E-state index in [1.807, 2.05) is 23.8 Å². The number of methoxy groups -OCH3 is 1. The van der Waals surface area contributed by atoms with Crippen molar-refractivity contribution in [3.8, 4) is 11.4 Å². The molecular formula is C14H19N5O3S2. The minimum Gasteiger partial charge on any atom is -0.383 e. The normalized spacial score (nSPS) is 11.8. The summed E-state index contributed by atoms with van der Waals surface area (Å²) >= 11 is 6.62. The van der Waals surface area contributed by atoms with Gasteiger partial charge in [-0.15, -0.1) is 0 Å². The zero-order valence-electron chi connectivity index (χ0n) is 13.4. The van der Waals surface area contributed by atoms with E-state index >= 15 is 0 Å². The molecule has 0 fully saturated rings. The third-order valence-electron chi connectivity index (χ3n) is 2.92. The molecular weight excluding hydrogens is 350 g/mol. The number of carbonyl (C=O) groups excluding carboxylic acids is 1. The summed E-state index contributed by atoms with van der Waals surface area (Å²) in [6.45, 7) is 2.43. The average molecular weight is 369 g/mol. The number of aromatic nitrogens is 2. The van der Waals surface area contributed by atoms with Crippen LogP contribution in [0.1, 0.15) is 19.2 Å². The number of amides is 1. The van der Waals surface area contributed by atoms with Gasteiger partial charge >= 0.3 is 0 Å². The number of nitrogens with zero attached hydrogens (tertiary/aromatic N) is 2. The number of thiophene rings is 1. The number of thiocarbonyl (C=S) groups is 1. The first-order valence-corrected chi connectivity index (χ1v) is 8.63. The zero-order chi connectivity index (χ0) is 17.4. The maximum Gasteiger partial charge on any atom is 0.238 e. The van der Waals surface area contributed by atoms with Gasteiger partial charge in [-0.3, -0.25) is 15.6 Å². The van der Waals surface area contributed by atoms with Gasteiger partial charge in [-0.2, -0.15) is 16.3 Å². The van der Waals surface area contributed by atoms with Crippen LogP contribution in [0.3, 0.4) is 0 Å². The molecule has 2 rings (SSSR count). The summed E-state index contributed by atoms with van der Waals surface area (Å²) in [6.07, 6.45) is 0.555. The summed E-state index contributed by atoms with van der Waals surface area (Å²) in [5.41, 5.74) is 6.05. The number of ether oxygens (including phenoxy) is 1. The molecule has 0 spiro atoms. The second-order valence-corrected chi connectivity index (χ2v) is 6.22. The van der Waals surface area contributed by atoms with Gasteiger partial charge in [-0.25, -0.2) is 0 Å². The highest BCUT2D eigenvalue weighted by atomic mass is 32.1. The highest BCUT2D eigenvalue weighted by molar-refractivity contribution is 7.80. The highest BCUT2D eigenvalue weighted by Gasteiger charge is 2.11. The third-order valence-corrected chi connectivity index (χ3v) is 3.83. The summed E-state index contributed by atoms with van der Waals surface area (Å²) in [7, 11) is 1.61. The lowest BCUT2D eigenvalue weighted by Crippen LogP contribution is -2.50. The Balaban J connectivity index is 1.69. The summed E-state index contributed by atoms with van der Waals surface area (Å²) in [6, 6.07) is 1.95. The second kappa shape index (κ2) is 9.30. The molecule has 2 heterocycles. The first-order valence-electron chi connectivity index (χ1n) is 7.28. The van der Waals surface area contributed by atoms with Crippen LogP contribution < -0.4 is 16.2 Å². The van der Waals surface area contributed by atoms with Crippen molar-refractivity contribution in [2.75, 3.05) is 13.7 Å². The minimum atomic E-state index is -0.228. The molecule has 0 unspecified atom stereocenters. The number of hydrazine groups is 1. The van der Waals surface area contributed by atoms with Crippen LogP contribution in [0.4, 0.5) is 0 Å². The number of rotatable bonds is 7. The van der Waals surface area contributed by atoms with E-state index < -0.39 is 0 Å². The van der Waals surface area contributed by atoms with E-state index in [0.717, 1.165) is 5.56 Å². The Morgan fingerprint density at radius 1 is 1.50 bits per heavy atom. The van der Waals surface area contributed by atoms with Gasteiger partial charge in [0.15, 0.2) is 5.11 Å². The van der Waals surface area contributed by atoms with E-state index in [9.17, 15) is 4.79 Å². The van der Waals surface area contributed by atoms with E-state index in [1.165, 1.54) is 0 Å². The Morgan fingerprint density at radius 2 is 2.33 bits per heavy atom. The van der Waals surface area contributed by atoms with E-state index in [-0.39, 0.29) is 18.4 Å². The summed E-state index contributed by atoms with van der Waals surface area (Å²) in [5, 5.41) is 11.1. The van der Waals surface area contributed by atoms with Crippen molar-refractivity contribution in [2.45, 2.75) is 25.8 Å². The van der Waals surface area contributed by atoms with Gasteiger partial charge in [0, 0.05) is 36.9 Å². The fourth-order valence-corrected chi connectivity index (χ4v) is 2.71. The van der Waals surface area contributed by atoms with Crippen LogP contribution in [0.5, 0.6) is 0 Å². The summed E-state index contributed by atoms with van der Waals surface area (Å²) in [5.74, 6) is 0.719. The molecule has 0 saturated carbocycles. The molecule has 24 heavy (non-hydrogen) atoms. The molecule has 10 heteroatoms. The van der Waals surface area contributed by atoms with Crippen LogP contribution in [-0.2, 0) is 16.0 Å². The topological polar surface area (TPSA) is 101 Å². The van der Waals surface area contributed by atoms with E-state index in [4.69, 9.17) is 21.5 Å².